The molecule has 0 unspecified atom stereocenters. The molecule has 6 nitrogen and oxygen atoms in total. The van der Waals surface area contributed by atoms with Gasteiger partial charge in [-0.05, 0) is 53.9 Å². The molecular weight excluding hydrogens is 476 g/mol. The van der Waals surface area contributed by atoms with Crippen LogP contribution in [-0.4, -0.2) is 31.6 Å². The summed E-state index contributed by atoms with van der Waals surface area (Å²) in [6.45, 7) is 2.68. The van der Waals surface area contributed by atoms with Crippen molar-refractivity contribution in [1.82, 2.24) is 0 Å². The minimum atomic E-state index is -0.151. The zero-order chi connectivity index (χ0) is 26.3. The Labute approximate surface area is 222 Å². The number of benzene rings is 4. The van der Waals surface area contributed by atoms with Crippen molar-refractivity contribution < 1.29 is 19.1 Å². The van der Waals surface area contributed by atoms with E-state index in [1.54, 1.807) is 23.1 Å². The number of carbonyl (C=O) groups is 2. The smallest absolute Gasteiger partial charge is 0.265 e. The minimum absolute atomic E-state index is 0.0288. The van der Waals surface area contributed by atoms with Crippen LogP contribution in [0.5, 0.6) is 11.5 Å². The lowest BCUT2D eigenvalue weighted by Gasteiger charge is -2.30. The third kappa shape index (κ3) is 6.03. The van der Waals surface area contributed by atoms with Crippen LogP contribution in [0, 0.1) is 6.92 Å². The number of ether oxygens (including phenoxy) is 2. The van der Waals surface area contributed by atoms with Crippen molar-refractivity contribution in [2.45, 2.75) is 19.3 Å². The van der Waals surface area contributed by atoms with E-state index >= 15 is 0 Å². The van der Waals surface area contributed by atoms with Gasteiger partial charge in [-0.2, -0.15) is 0 Å². The zero-order valence-corrected chi connectivity index (χ0v) is 21.3. The topological polar surface area (TPSA) is 67.9 Å². The number of nitrogens with one attached hydrogen (secondary N) is 1. The first-order valence-corrected chi connectivity index (χ1v) is 12.7. The van der Waals surface area contributed by atoms with Gasteiger partial charge >= 0.3 is 0 Å². The second-order valence-electron chi connectivity index (χ2n) is 9.31. The number of fused-ring (bicyclic) bond motifs is 1. The number of aryl methyl sites for hydroxylation is 1. The molecule has 0 aromatic heterocycles. The van der Waals surface area contributed by atoms with Gasteiger partial charge in [0, 0.05) is 18.0 Å². The van der Waals surface area contributed by atoms with Crippen LogP contribution in [0.25, 0.3) is 0 Å². The van der Waals surface area contributed by atoms with Gasteiger partial charge in [-0.3, -0.25) is 9.59 Å². The van der Waals surface area contributed by atoms with Crippen LogP contribution in [0.1, 0.15) is 29.0 Å². The van der Waals surface area contributed by atoms with Gasteiger partial charge in [-0.15, -0.1) is 0 Å². The molecule has 1 aliphatic rings. The highest BCUT2D eigenvalue weighted by Crippen LogP contribution is 2.35. The van der Waals surface area contributed by atoms with E-state index in [-0.39, 0.29) is 30.8 Å². The average molecular weight is 507 g/mol. The van der Waals surface area contributed by atoms with Crippen molar-refractivity contribution in [2.75, 3.05) is 30.0 Å². The van der Waals surface area contributed by atoms with Crippen LogP contribution in [0.15, 0.2) is 103 Å². The lowest BCUT2D eigenvalue weighted by Crippen LogP contribution is -2.41. The van der Waals surface area contributed by atoms with Gasteiger partial charge in [0.05, 0.1) is 12.2 Å². The molecule has 0 spiro atoms. The monoisotopic (exact) mass is 506 g/mol. The molecule has 4 aromatic rings. The molecule has 38 heavy (non-hydrogen) atoms. The molecule has 0 saturated heterocycles. The van der Waals surface area contributed by atoms with E-state index in [1.165, 1.54) is 0 Å². The van der Waals surface area contributed by atoms with Crippen LogP contribution in [0.3, 0.4) is 0 Å². The summed E-state index contributed by atoms with van der Waals surface area (Å²) in [6.07, 6.45) is 0.286. The van der Waals surface area contributed by atoms with E-state index in [2.05, 4.69) is 5.32 Å². The Balaban J connectivity index is 1.29. The number of hydrogen-bond acceptors (Lipinski definition) is 4. The second kappa shape index (κ2) is 11.6. The normalized spacial score (nSPS) is 12.6. The highest BCUT2D eigenvalue weighted by molar-refractivity contribution is 5.99. The van der Waals surface area contributed by atoms with Crippen molar-refractivity contribution in [2.24, 2.45) is 0 Å². The molecule has 0 saturated carbocycles. The molecule has 4 aromatic carbocycles. The first-order chi connectivity index (χ1) is 18.6. The van der Waals surface area contributed by atoms with Crippen LogP contribution < -0.4 is 19.7 Å². The van der Waals surface area contributed by atoms with E-state index < -0.39 is 0 Å². The van der Waals surface area contributed by atoms with Crippen molar-refractivity contribution in [3.05, 3.63) is 120 Å². The van der Waals surface area contributed by atoms with Crippen LogP contribution in [0.4, 0.5) is 11.4 Å². The Morgan fingerprint density at radius 1 is 0.921 bits per heavy atom. The lowest BCUT2D eigenvalue weighted by molar-refractivity contribution is -0.121. The third-order valence-corrected chi connectivity index (χ3v) is 6.55. The Morgan fingerprint density at radius 2 is 1.63 bits per heavy atom. The van der Waals surface area contributed by atoms with E-state index in [4.69, 9.17) is 9.47 Å². The predicted octanol–water partition coefficient (Wildman–Crippen LogP) is 5.96. The Bertz CT molecular complexity index is 1370. The van der Waals surface area contributed by atoms with E-state index in [0.717, 1.165) is 22.4 Å². The summed E-state index contributed by atoms with van der Waals surface area (Å²) in [6, 6.07) is 33.3. The first-order valence-electron chi connectivity index (χ1n) is 12.7. The molecule has 5 rings (SSSR count). The summed E-state index contributed by atoms with van der Waals surface area (Å²) in [5.41, 5.74) is 4.50. The Hall–Kier alpha value is -4.58. The summed E-state index contributed by atoms with van der Waals surface area (Å²) in [4.78, 5) is 27.6. The number of nitrogens with zero attached hydrogens (tertiary/aromatic N) is 1. The van der Waals surface area contributed by atoms with Crippen LogP contribution in [0.2, 0.25) is 0 Å². The molecule has 0 atom stereocenters. The molecule has 0 radical (unpaired) electrons. The van der Waals surface area contributed by atoms with E-state index in [9.17, 15) is 9.59 Å². The highest BCUT2D eigenvalue weighted by atomic mass is 16.5. The number of carbonyl (C=O) groups excluding carboxylic acids is 2. The maximum absolute atomic E-state index is 13.2. The van der Waals surface area contributed by atoms with E-state index in [0.29, 0.717) is 30.3 Å². The average Bonchev–Trinajstić information content (AvgIpc) is 2.94. The fourth-order valence-corrected chi connectivity index (χ4v) is 4.68. The van der Waals surface area contributed by atoms with Gasteiger partial charge in [0.1, 0.15) is 18.1 Å². The largest absolute Gasteiger partial charge is 0.492 e. The van der Waals surface area contributed by atoms with Gasteiger partial charge in [-0.1, -0.05) is 72.8 Å². The van der Waals surface area contributed by atoms with Gasteiger partial charge in [0.2, 0.25) is 5.91 Å². The van der Waals surface area contributed by atoms with Crippen molar-refractivity contribution >= 4 is 23.2 Å². The SMILES string of the molecule is Cc1cccc(OCCN2C(=O)COc3ccc(NC(=O)CC(c4ccccc4)c4ccccc4)cc32)c1. The summed E-state index contributed by atoms with van der Waals surface area (Å²) in [5.74, 6) is 1.03. The second-order valence-corrected chi connectivity index (χ2v) is 9.31. The number of hydrogen-bond donors (Lipinski definition) is 1. The van der Waals surface area contributed by atoms with Crippen molar-refractivity contribution in [3.63, 3.8) is 0 Å². The fourth-order valence-electron chi connectivity index (χ4n) is 4.68. The molecule has 192 valence electrons. The fraction of sp³-hybridized carbons (Fsp3) is 0.188. The lowest BCUT2D eigenvalue weighted by atomic mass is 9.88. The van der Waals surface area contributed by atoms with Crippen molar-refractivity contribution in [3.8, 4) is 11.5 Å². The predicted molar refractivity (Wildman–Crippen MR) is 149 cm³/mol. The standard InChI is InChI=1S/C32H30N2O4/c1-23-9-8-14-27(19-23)37-18-17-34-29-20-26(15-16-30(29)38-22-32(34)36)33-31(35)21-28(24-10-4-2-5-11-24)25-12-6-3-7-13-25/h2-16,19-20,28H,17-18,21-22H2,1H3,(H,33,35). The number of anilines is 2. The molecular formula is C32H30N2O4. The van der Waals surface area contributed by atoms with Crippen molar-refractivity contribution in [1.29, 1.82) is 0 Å². The summed E-state index contributed by atoms with van der Waals surface area (Å²) in [7, 11) is 0. The van der Waals surface area contributed by atoms with Crippen LogP contribution in [-0.2, 0) is 9.59 Å². The molecule has 1 aliphatic heterocycles. The minimum Gasteiger partial charge on any atom is -0.492 e. The molecule has 1 heterocycles. The first kappa shape index (κ1) is 25.1. The summed E-state index contributed by atoms with van der Waals surface area (Å²) < 4.78 is 11.5. The Morgan fingerprint density at radius 3 is 2.32 bits per heavy atom. The molecule has 0 aliphatic carbocycles. The molecule has 1 N–H and O–H groups in total. The molecule has 0 bridgehead atoms. The maximum Gasteiger partial charge on any atom is 0.265 e. The van der Waals surface area contributed by atoms with Gasteiger partial charge in [0.15, 0.2) is 6.61 Å². The molecule has 2 amide bonds. The number of amides is 2. The Kier molecular flexibility index (Phi) is 7.69. The quantitative estimate of drug-likeness (QED) is 0.304. The summed E-state index contributed by atoms with van der Waals surface area (Å²) >= 11 is 0. The molecule has 0 fully saturated rings. The summed E-state index contributed by atoms with van der Waals surface area (Å²) in [5, 5.41) is 3.02. The highest BCUT2D eigenvalue weighted by Gasteiger charge is 2.26. The van der Waals surface area contributed by atoms with Gasteiger partial charge in [0.25, 0.3) is 5.91 Å². The van der Waals surface area contributed by atoms with E-state index in [1.807, 2.05) is 91.9 Å². The maximum atomic E-state index is 13.2. The third-order valence-electron chi connectivity index (χ3n) is 6.55. The van der Waals surface area contributed by atoms with Crippen LogP contribution >= 0.6 is 0 Å². The van der Waals surface area contributed by atoms with Gasteiger partial charge in [-0.25, -0.2) is 0 Å². The van der Waals surface area contributed by atoms with Gasteiger partial charge < -0.3 is 19.7 Å². The zero-order valence-electron chi connectivity index (χ0n) is 21.3. The molecule has 6 heteroatoms. The number of rotatable bonds is 9.